The van der Waals surface area contributed by atoms with E-state index in [2.05, 4.69) is 31.5 Å². The number of hydrogen-bond acceptors (Lipinski definition) is 25. The highest BCUT2D eigenvalue weighted by Gasteiger charge is 2.61. The molecule has 13 unspecified atom stereocenters. The van der Waals surface area contributed by atoms with Gasteiger partial charge in [0.1, 0.15) is 105 Å². The van der Waals surface area contributed by atoms with Crippen LogP contribution < -0.4 is 28.4 Å². The molecule has 18 rings (SSSR count). The van der Waals surface area contributed by atoms with Gasteiger partial charge in [-0.1, -0.05) is 24.3 Å². The quantitative estimate of drug-likeness (QED) is 0.0262. The van der Waals surface area contributed by atoms with Gasteiger partial charge in [-0.15, -0.1) is 0 Å². The normalized spacial score (nSPS) is 27.0. The first-order valence-corrected chi connectivity index (χ1v) is 50.2. The molecule has 0 N–H and O–H groups in total. The van der Waals surface area contributed by atoms with E-state index >= 15 is 9.13 Å². The predicted octanol–water partition coefficient (Wildman–Crippen LogP) is 17.7. The monoisotopic (exact) mass is 1940 g/mol. The molecule has 0 radical (unpaired) electrons. The van der Waals surface area contributed by atoms with Gasteiger partial charge in [0.25, 0.3) is 0 Å². The molecule has 12 aliphatic heterocycles. The van der Waals surface area contributed by atoms with Crippen LogP contribution in [0.3, 0.4) is 0 Å². The minimum atomic E-state index is -4.95. The average molecular weight is 1940 g/mol. The summed E-state index contributed by atoms with van der Waals surface area (Å²) in [6.45, 7) is 53.7. The van der Waals surface area contributed by atoms with E-state index < -0.39 is 122 Å². The van der Waals surface area contributed by atoms with Crippen molar-refractivity contribution in [3.63, 3.8) is 0 Å². The summed E-state index contributed by atoms with van der Waals surface area (Å²) in [7, 11) is -9.67. The van der Waals surface area contributed by atoms with Crippen molar-refractivity contribution in [3.8, 4) is 46.6 Å². The van der Waals surface area contributed by atoms with E-state index in [1.807, 2.05) is 41.5 Å². The molecule has 6 saturated heterocycles. The van der Waals surface area contributed by atoms with Crippen LogP contribution in [-0.4, -0.2) is 214 Å². The SMILES string of the molecule is [C-]#[N+]c1ccc2c(c1)C(N1CCCC1=O)C(OCCOP(=O)(OC1C(N3CCCC3=O)c3cc(C#N)ccc3OC1(C)C)OC1C(N3CCCC3=O)c3cc([N+]#[C-])ccc3OC1(C)C)C(C)(C)O2.[C-]#[N+]c1ccc2c(c1)C(N1CCCC1=O)C(OCCOP(=O)(OCCOC1[C@H](N3CCCC3=O)c3cc(C#N)ccc3OC1(C)C)OC1C(N3CCCC3=O)c3cc([N+]#[C-])ccc3OC1(C)C)C(C)(C)O2. The third-order valence-corrected chi connectivity index (χ3v) is 31.0. The number of benzene rings is 6. The molecule has 14 atom stereocenters. The molecule has 6 aromatic rings. The number of nitrogens with zero attached hydrogens (tertiary/aromatic N) is 12. The number of carbonyl (C=O) groups excluding carboxylic acids is 6. The Balaban J connectivity index is 0.000000192. The third kappa shape index (κ3) is 19.5. The smallest absolute Gasteiger partial charge is 0.475 e. The molecule has 35 nitrogen and oxygen atoms in total. The van der Waals surface area contributed by atoms with Gasteiger partial charge in [0, 0.05) is 111 Å². The topological polar surface area (TPSA) is 359 Å². The first-order valence-electron chi connectivity index (χ1n) is 47.3. The maximum atomic E-state index is 16.2. The second-order valence-corrected chi connectivity index (χ2v) is 43.2. The van der Waals surface area contributed by atoms with E-state index in [9.17, 15) is 39.3 Å². The molecular weight excluding hydrogens is 1820 g/mol. The van der Waals surface area contributed by atoms with Crippen molar-refractivity contribution in [3.05, 3.63) is 199 Å². The molecule has 0 aromatic heterocycles. The fourth-order valence-electron chi connectivity index (χ4n) is 21.7. The number of ether oxygens (including phenoxy) is 9. The highest BCUT2D eigenvalue weighted by Crippen LogP contribution is 2.63. The lowest BCUT2D eigenvalue weighted by molar-refractivity contribution is -0.153. The van der Waals surface area contributed by atoms with Crippen molar-refractivity contribution in [2.75, 3.05) is 78.9 Å². The van der Waals surface area contributed by atoms with Crippen molar-refractivity contribution < 1.29 is 108 Å². The summed E-state index contributed by atoms with van der Waals surface area (Å²) in [5.74, 6) is 2.33. The zero-order valence-electron chi connectivity index (χ0n) is 79.9. The van der Waals surface area contributed by atoms with Gasteiger partial charge < -0.3 is 72.0 Å². The van der Waals surface area contributed by atoms with E-state index in [1.165, 1.54) is 0 Å². The van der Waals surface area contributed by atoms with Gasteiger partial charge in [-0.25, -0.2) is 28.5 Å². The summed E-state index contributed by atoms with van der Waals surface area (Å²) in [6.07, 6.45) is -0.220. The van der Waals surface area contributed by atoms with Crippen LogP contribution in [0.1, 0.15) is 241 Å². The Labute approximate surface area is 808 Å². The standard InChI is InChI=1S/C52H59N6O12P.C50H55N6O11P/c1-50(2)47(44(56-21-9-12-41(56)59)35-28-32(31-53)15-18-38(35)67-50)63-24-26-65-71(62,70-49-46(58-23-11-14-43(58)61)37-30-34(55-8)17-20-40(37)69-52(49,5)6)66-27-25-64-48-45(57-22-10-13-42(57)60)36-29-33(54-7)16-19-39(36)68-51(48,3)4;1-48(2)45(42(54-21-9-12-39(54)57)34-27-31(52-7)16-19-37(34)63-48)61-24-25-62-68(60,66-46-43(55-22-10-13-40(55)58)33-26-30(29-51)15-18-36(33)64-49(46,3)4)67-47-44(56-23-11-14-41(56)59)35-28-32(53-8)17-20-38(35)65-50(47,5)6/h15-20,28-30,44-49H,9-14,21-27H2,1-6H3;15-20,26-28,42-47H,9-14,21-25H2,1-6H3/t44-,45?,46?,47?,48?,49?,71?;/m1./s1. The van der Waals surface area contributed by atoms with Crippen LogP contribution >= 0.6 is 15.6 Å². The molecule has 0 spiro atoms. The third-order valence-electron chi connectivity index (χ3n) is 28.0. The van der Waals surface area contributed by atoms with Crippen LogP contribution in [0, 0.1) is 49.0 Å². The molecule has 730 valence electrons. The second-order valence-electron chi connectivity index (χ2n) is 40.0. The van der Waals surface area contributed by atoms with Gasteiger partial charge in [0.05, 0.1) is 125 Å². The van der Waals surface area contributed by atoms with Crippen molar-refractivity contribution >= 4 is 73.8 Å². The molecule has 12 heterocycles. The summed E-state index contributed by atoms with van der Waals surface area (Å²) >= 11 is 0. The highest BCUT2D eigenvalue weighted by molar-refractivity contribution is 7.48. The Bertz CT molecular complexity index is 5990. The first kappa shape index (κ1) is 98.6. The number of phosphoric acid groups is 2. The van der Waals surface area contributed by atoms with Gasteiger partial charge >= 0.3 is 15.6 Å². The number of carbonyl (C=O) groups is 6. The minimum absolute atomic E-state index is 0.0451. The number of likely N-dealkylation sites (tertiary alicyclic amines) is 6. The minimum Gasteiger partial charge on any atom is -0.485 e. The molecular formula is C102H114N12O23P2. The molecule has 6 fully saturated rings. The van der Waals surface area contributed by atoms with Crippen molar-refractivity contribution in [2.24, 2.45) is 0 Å². The van der Waals surface area contributed by atoms with Crippen molar-refractivity contribution in [1.29, 1.82) is 10.5 Å². The highest BCUT2D eigenvalue weighted by atomic mass is 31.2. The lowest BCUT2D eigenvalue weighted by Crippen LogP contribution is -2.56. The Morgan fingerprint density at radius 1 is 0.309 bits per heavy atom. The molecule has 0 saturated carbocycles. The second kappa shape index (κ2) is 38.9. The number of amides is 6. The van der Waals surface area contributed by atoms with Crippen LogP contribution in [0.4, 0.5) is 22.7 Å². The number of rotatable bonds is 27. The van der Waals surface area contributed by atoms with Crippen LogP contribution in [0.25, 0.3) is 19.4 Å². The molecule has 12 aliphatic rings. The van der Waals surface area contributed by atoms with Gasteiger partial charge in [-0.3, -0.25) is 55.9 Å². The molecule has 139 heavy (non-hydrogen) atoms. The van der Waals surface area contributed by atoms with E-state index in [4.69, 9.17) is 96.1 Å². The van der Waals surface area contributed by atoms with E-state index in [0.29, 0.717) is 205 Å². The predicted molar refractivity (Wildman–Crippen MR) is 500 cm³/mol. The average Bonchev–Trinajstić information content (AvgIpc) is 1.10. The number of hydrogen-bond donors (Lipinski definition) is 0. The van der Waals surface area contributed by atoms with Crippen LogP contribution in [0.5, 0.6) is 34.5 Å². The molecule has 0 bridgehead atoms. The van der Waals surface area contributed by atoms with Crippen LogP contribution in [0.2, 0.25) is 0 Å². The fourth-order valence-corrected chi connectivity index (χ4v) is 24.9. The summed E-state index contributed by atoms with van der Waals surface area (Å²) < 4.78 is 130. The maximum absolute atomic E-state index is 16.2. The largest absolute Gasteiger partial charge is 0.485 e. The first-order chi connectivity index (χ1) is 66.2. The summed E-state index contributed by atoms with van der Waals surface area (Å²) in [6, 6.07) is 30.2. The molecule has 6 amide bonds. The molecule has 0 aliphatic carbocycles. The van der Waals surface area contributed by atoms with Crippen LogP contribution in [0.15, 0.2) is 109 Å². The Hall–Kier alpha value is -12.0. The van der Waals surface area contributed by atoms with Gasteiger partial charge in [-0.05, 0) is 207 Å². The summed E-state index contributed by atoms with van der Waals surface area (Å²) in [4.78, 5) is 106. The summed E-state index contributed by atoms with van der Waals surface area (Å²) in [5, 5.41) is 19.8. The Kier molecular flexibility index (Phi) is 27.6. The fraction of sp³-hybridized carbons (Fsp3) is 0.529. The van der Waals surface area contributed by atoms with Crippen LogP contribution in [-0.2, 0) is 79.3 Å². The van der Waals surface area contributed by atoms with Crippen molar-refractivity contribution in [1.82, 2.24) is 29.4 Å². The number of nitriles is 2. The van der Waals surface area contributed by atoms with Crippen molar-refractivity contribution in [2.45, 2.75) is 267 Å². The van der Waals surface area contributed by atoms with Gasteiger partial charge in [-0.2, -0.15) is 10.5 Å². The van der Waals surface area contributed by atoms with E-state index in [-0.39, 0.29) is 87.9 Å². The molecule has 37 heteroatoms. The Morgan fingerprint density at radius 3 is 0.727 bits per heavy atom. The van der Waals surface area contributed by atoms with Gasteiger partial charge in [0.15, 0.2) is 22.7 Å². The Morgan fingerprint density at radius 2 is 0.511 bits per heavy atom. The summed E-state index contributed by atoms with van der Waals surface area (Å²) in [5.41, 5.74) is -1.21. The molecule has 6 aromatic carbocycles. The zero-order chi connectivity index (χ0) is 98.8. The zero-order valence-corrected chi connectivity index (χ0v) is 81.7. The van der Waals surface area contributed by atoms with Gasteiger partial charge in [0.2, 0.25) is 35.4 Å². The number of fused-ring (bicyclic) bond motifs is 6. The lowest BCUT2D eigenvalue weighted by atomic mass is 9.84. The maximum Gasteiger partial charge on any atom is 0.475 e. The lowest BCUT2D eigenvalue weighted by Gasteiger charge is -2.50. The van der Waals surface area contributed by atoms with E-state index in [1.54, 1.807) is 180 Å². The number of phosphoric ester groups is 2. The van der Waals surface area contributed by atoms with E-state index in [0.717, 1.165) is 0 Å².